The third-order valence-corrected chi connectivity index (χ3v) is 6.32. The normalized spacial score (nSPS) is 16.8. The number of aryl methyl sites for hydroxylation is 2. The first-order chi connectivity index (χ1) is 16.4. The molecule has 0 aliphatic carbocycles. The molecule has 0 bridgehead atoms. The summed E-state index contributed by atoms with van der Waals surface area (Å²) in [6.45, 7) is 7.73. The number of carbonyl (C=O) groups is 2. The molecule has 1 atom stereocenters. The number of thioether (sulfide) groups is 1. The Bertz CT molecular complexity index is 1200. The third-order valence-electron chi connectivity index (χ3n) is 5.55. The lowest BCUT2D eigenvalue weighted by Gasteiger charge is -2.33. The predicted octanol–water partition coefficient (Wildman–Crippen LogP) is 5.09. The molecule has 1 N–H and O–H groups in total. The van der Waals surface area contributed by atoms with Gasteiger partial charge in [-0.25, -0.2) is 9.79 Å². The van der Waals surface area contributed by atoms with Gasteiger partial charge in [-0.3, -0.25) is 4.79 Å². The highest BCUT2D eigenvalue weighted by molar-refractivity contribution is 8.16. The lowest BCUT2D eigenvalue weighted by atomic mass is 9.95. The van der Waals surface area contributed by atoms with Crippen molar-refractivity contribution in [2.24, 2.45) is 4.99 Å². The van der Waals surface area contributed by atoms with E-state index in [2.05, 4.69) is 10.3 Å². The molecule has 176 valence electrons. The SMILES string of the molecule is CCOC(=O)C1=C(C)N=C2SC=CN2[C@@H]1c1ccc(OCC(=O)Nc2cc(C)ccc2C)cc1. The zero-order valence-electron chi connectivity index (χ0n) is 19.6. The zero-order valence-corrected chi connectivity index (χ0v) is 20.4. The van der Waals surface area contributed by atoms with E-state index in [1.54, 1.807) is 19.1 Å². The van der Waals surface area contributed by atoms with Crippen molar-refractivity contribution in [2.45, 2.75) is 33.7 Å². The molecule has 2 aromatic rings. The van der Waals surface area contributed by atoms with Crippen molar-refractivity contribution in [3.05, 3.63) is 82.0 Å². The Hall–Kier alpha value is -3.52. The van der Waals surface area contributed by atoms with Crippen molar-refractivity contribution in [3.63, 3.8) is 0 Å². The maximum atomic E-state index is 12.7. The summed E-state index contributed by atoms with van der Waals surface area (Å²) in [5, 5.41) is 5.66. The highest BCUT2D eigenvalue weighted by Gasteiger charge is 2.37. The minimum Gasteiger partial charge on any atom is -0.484 e. The average Bonchev–Trinajstić information content (AvgIpc) is 3.27. The molecular weight excluding hydrogens is 450 g/mol. The highest BCUT2D eigenvalue weighted by Crippen LogP contribution is 2.41. The highest BCUT2D eigenvalue weighted by atomic mass is 32.2. The van der Waals surface area contributed by atoms with Gasteiger partial charge in [0, 0.05) is 11.9 Å². The van der Waals surface area contributed by atoms with Crippen LogP contribution in [0, 0.1) is 13.8 Å². The lowest BCUT2D eigenvalue weighted by Crippen LogP contribution is -2.34. The monoisotopic (exact) mass is 477 g/mol. The molecule has 34 heavy (non-hydrogen) atoms. The molecular formula is C26H27N3O4S. The number of nitrogens with zero attached hydrogens (tertiary/aromatic N) is 2. The van der Waals surface area contributed by atoms with E-state index < -0.39 is 0 Å². The lowest BCUT2D eigenvalue weighted by molar-refractivity contribution is -0.139. The molecule has 1 amide bonds. The smallest absolute Gasteiger partial charge is 0.338 e. The summed E-state index contributed by atoms with van der Waals surface area (Å²) < 4.78 is 11.0. The molecule has 2 heterocycles. The number of aliphatic imine (C=N–C) groups is 1. The number of esters is 1. The number of nitrogens with one attached hydrogen (secondary N) is 1. The molecule has 4 rings (SSSR count). The van der Waals surface area contributed by atoms with E-state index in [4.69, 9.17) is 9.47 Å². The summed E-state index contributed by atoms with van der Waals surface area (Å²) in [5.41, 5.74) is 4.91. The predicted molar refractivity (Wildman–Crippen MR) is 135 cm³/mol. The number of benzene rings is 2. The van der Waals surface area contributed by atoms with Crippen molar-refractivity contribution in [3.8, 4) is 5.75 Å². The summed E-state index contributed by atoms with van der Waals surface area (Å²) in [4.78, 5) is 31.7. The zero-order chi connectivity index (χ0) is 24.2. The minimum absolute atomic E-state index is 0.106. The standard InChI is InChI=1S/C26H27N3O4S/c1-5-32-25(31)23-18(4)27-26-29(12-13-34-26)24(23)19-8-10-20(11-9-19)33-15-22(30)28-21-14-16(2)6-7-17(21)3/h6-14,24H,5,15H2,1-4H3,(H,28,30)/t24-/m1/s1. The Balaban J connectivity index is 1.47. The molecule has 8 heteroatoms. The van der Waals surface area contributed by atoms with E-state index in [1.165, 1.54) is 11.8 Å². The fourth-order valence-corrected chi connectivity index (χ4v) is 4.64. The number of carbonyl (C=O) groups excluding carboxylic acids is 2. The van der Waals surface area contributed by atoms with E-state index in [0.29, 0.717) is 23.6 Å². The van der Waals surface area contributed by atoms with Crippen molar-refractivity contribution in [2.75, 3.05) is 18.5 Å². The van der Waals surface area contributed by atoms with Gasteiger partial charge in [-0.15, -0.1) is 0 Å². The van der Waals surface area contributed by atoms with Gasteiger partial charge in [-0.05, 0) is 68.0 Å². The number of rotatable bonds is 7. The second-order valence-electron chi connectivity index (χ2n) is 8.05. The van der Waals surface area contributed by atoms with Crippen molar-refractivity contribution in [1.29, 1.82) is 0 Å². The van der Waals surface area contributed by atoms with E-state index in [0.717, 1.165) is 27.5 Å². The molecule has 2 aliphatic heterocycles. The second-order valence-corrected chi connectivity index (χ2v) is 8.92. The van der Waals surface area contributed by atoms with Crippen LogP contribution in [0.3, 0.4) is 0 Å². The number of amides is 1. The number of allylic oxidation sites excluding steroid dienone is 1. The Labute approximate surface area is 203 Å². The first-order valence-corrected chi connectivity index (χ1v) is 11.9. The van der Waals surface area contributed by atoms with E-state index in [9.17, 15) is 9.59 Å². The van der Waals surface area contributed by atoms with Crippen molar-refractivity contribution < 1.29 is 19.1 Å². The third kappa shape index (κ3) is 5.02. The van der Waals surface area contributed by atoms with Gasteiger partial charge in [0.15, 0.2) is 11.8 Å². The van der Waals surface area contributed by atoms with E-state index in [1.807, 2.05) is 67.6 Å². The fourth-order valence-electron chi connectivity index (χ4n) is 3.85. The van der Waals surface area contributed by atoms with Crippen LogP contribution in [0.2, 0.25) is 0 Å². The van der Waals surface area contributed by atoms with Crippen LogP contribution in [0.4, 0.5) is 5.69 Å². The van der Waals surface area contributed by atoms with Gasteiger partial charge in [0.25, 0.3) is 5.91 Å². The van der Waals surface area contributed by atoms with Crippen molar-refractivity contribution in [1.82, 2.24) is 4.90 Å². The summed E-state index contributed by atoms with van der Waals surface area (Å²) in [6, 6.07) is 13.0. The van der Waals surface area contributed by atoms with Crippen LogP contribution in [-0.4, -0.2) is 35.2 Å². The van der Waals surface area contributed by atoms with Crippen LogP contribution in [0.15, 0.2) is 70.3 Å². The van der Waals surface area contributed by atoms with Gasteiger partial charge in [0.1, 0.15) is 5.75 Å². The summed E-state index contributed by atoms with van der Waals surface area (Å²) in [7, 11) is 0. The van der Waals surface area contributed by atoms with Crippen LogP contribution in [-0.2, 0) is 14.3 Å². The van der Waals surface area contributed by atoms with Gasteiger partial charge in [0.05, 0.1) is 23.9 Å². The number of amidine groups is 1. The van der Waals surface area contributed by atoms with Gasteiger partial charge in [-0.2, -0.15) is 0 Å². The number of ether oxygens (including phenoxy) is 2. The van der Waals surface area contributed by atoms with Crippen LogP contribution >= 0.6 is 11.8 Å². The number of hydrogen-bond acceptors (Lipinski definition) is 7. The van der Waals surface area contributed by atoms with Crippen LogP contribution in [0.5, 0.6) is 5.75 Å². The van der Waals surface area contributed by atoms with Crippen LogP contribution in [0.25, 0.3) is 0 Å². The topological polar surface area (TPSA) is 80.2 Å². The molecule has 0 unspecified atom stereocenters. The molecule has 2 aromatic carbocycles. The molecule has 0 saturated carbocycles. The van der Waals surface area contributed by atoms with Crippen LogP contribution in [0.1, 0.15) is 36.6 Å². The Morgan fingerprint density at radius 3 is 2.62 bits per heavy atom. The maximum Gasteiger partial charge on any atom is 0.338 e. The largest absolute Gasteiger partial charge is 0.484 e. The van der Waals surface area contributed by atoms with Gasteiger partial charge < -0.3 is 19.7 Å². The summed E-state index contributed by atoms with van der Waals surface area (Å²) in [6.07, 6.45) is 1.92. The Morgan fingerprint density at radius 2 is 1.88 bits per heavy atom. The number of anilines is 1. The molecule has 0 aromatic heterocycles. The Kier molecular flexibility index (Phi) is 7.07. The summed E-state index contributed by atoms with van der Waals surface area (Å²) >= 11 is 1.51. The van der Waals surface area contributed by atoms with Gasteiger partial charge in [0.2, 0.25) is 0 Å². The van der Waals surface area contributed by atoms with Crippen molar-refractivity contribution >= 4 is 34.5 Å². The number of fused-ring (bicyclic) bond motifs is 1. The molecule has 0 spiro atoms. The number of hydrogen-bond donors (Lipinski definition) is 1. The first-order valence-electron chi connectivity index (χ1n) is 11.1. The minimum atomic E-state index is -0.374. The average molecular weight is 478 g/mol. The Morgan fingerprint density at radius 1 is 1.12 bits per heavy atom. The molecule has 0 radical (unpaired) electrons. The molecule has 2 aliphatic rings. The molecule has 0 fully saturated rings. The van der Waals surface area contributed by atoms with E-state index in [-0.39, 0.29) is 24.5 Å². The fraction of sp³-hybridized carbons (Fsp3) is 0.269. The van der Waals surface area contributed by atoms with E-state index >= 15 is 0 Å². The van der Waals surface area contributed by atoms with Gasteiger partial charge >= 0.3 is 5.97 Å². The second kappa shape index (κ2) is 10.2. The molecule has 7 nitrogen and oxygen atoms in total. The van der Waals surface area contributed by atoms with Gasteiger partial charge in [-0.1, -0.05) is 36.0 Å². The van der Waals surface area contributed by atoms with Crippen LogP contribution < -0.4 is 10.1 Å². The first kappa shape index (κ1) is 23.6. The summed E-state index contributed by atoms with van der Waals surface area (Å²) in [5.74, 6) is -0.0378. The molecule has 0 saturated heterocycles. The maximum absolute atomic E-state index is 12.7. The quantitative estimate of drug-likeness (QED) is 0.560.